The van der Waals surface area contributed by atoms with Crippen LogP contribution >= 0.6 is 0 Å². The number of hydrogen-bond donors (Lipinski definition) is 1. The van der Waals surface area contributed by atoms with Gasteiger partial charge in [-0.1, -0.05) is 6.42 Å². The summed E-state index contributed by atoms with van der Waals surface area (Å²) >= 11 is 0. The molecule has 15 heavy (non-hydrogen) atoms. The number of hydrogen-bond acceptors (Lipinski definition) is 4. The summed E-state index contributed by atoms with van der Waals surface area (Å²) in [5.41, 5.74) is 5.97. The molecule has 1 heterocycles. The number of carbonyl (C=O) groups excluding carboxylic acids is 1. The molecule has 1 aliphatic heterocycles. The third-order valence-corrected chi connectivity index (χ3v) is 3.52. The highest BCUT2D eigenvalue weighted by molar-refractivity contribution is 5.72. The Morgan fingerprint density at radius 3 is 3.00 bits per heavy atom. The van der Waals surface area contributed by atoms with E-state index in [2.05, 4.69) is 11.8 Å². The van der Waals surface area contributed by atoms with Crippen LogP contribution in [0.2, 0.25) is 0 Å². The van der Waals surface area contributed by atoms with E-state index in [1.54, 1.807) is 0 Å². The molecule has 0 amide bonds. The lowest BCUT2D eigenvalue weighted by atomic mass is 9.89. The fraction of sp³-hybridized carbons (Fsp3) is 0.909. The van der Waals surface area contributed by atoms with Crippen molar-refractivity contribution in [3.8, 4) is 0 Å². The van der Waals surface area contributed by atoms with Gasteiger partial charge in [-0.05, 0) is 26.2 Å². The molecule has 4 heteroatoms. The van der Waals surface area contributed by atoms with Gasteiger partial charge < -0.3 is 10.5 Å². The summed E-state index contributed by atoms with van der Waals surface area (Å²) in [4.78, 5) is 13.5. The van der Waals surface area contributed by atoms with Crippen LogP contribution in [0.4, 0.5) is 0 Å². The van der Waals surface area contributed by atoms with Crippen molar-refractivity contribution in [1.82, 2.24) is 4.90 Å². The highest BCUT2D eigenvalue weighted by Crippen LogP contribution is 2.25. The monoisotopic (exact) mass is 212 g/mol. The van der Waals surface area contributed by atoms with E-state index in [0.717, 1.165) is 12.8 Å². The molecule has 2 N–H and O–H groups in total. The number of esters is 1. The van der Waals surface area contributed by atoms with Gasteiger partial charge in [0.25, 0.3) is 0 Å². The second-order valence-electron chi connectivity index (χ2n) is 4.78. The van der Waals surface area contributed by atoms with E-state index in [4.69, 9.17) is 10.5 Å². The summed E-state index contributed by atoms with van der Waals surface area (Å²) in [5, 5.41) is 0. The molecule has 2 rings (SSSR count). The topological polar surface area (TPSA) is 55.6 Å². The van der Waals surface area contributed by atoms with Crippen LogP contribution in [0.5, 0.6) is 0 Å². The molecule has 1 aliphatic carbocycles. The summed E-state index contributed by atoms with van der Waals surface area (Å²) in [5.74, 6) is -0.0905. The van der Waals surface area contributed by atoms with Gasteiger partial charge in [0.05, 0.1) is 6.54 Å². The van der Waals surface area contributed by atoms with Gasteiger partial charge in [0.15, 0.2) is 0 Å². The Morgan fingerprint density at radius 2 is 2.27 bits per heavy atom. The van der Waals surface area contributed by atoms with Crippen molar-refractivity contribution >= 4 is 5.97 Å². The maximum Gasteiger partial charge on any atom is 0.320 e. The zero-order valence-corrected chi connectivity index (χ0v) is 9.32. The minimum Gasteiger partial charge on any atom is -0.463 e. The minimum atomic E-state index is -0.0905. The SMILES string of the molecule is CC1COC(=O)CN1C1CCCC(N)C1. The molecule has 86 valence electrons. The second-order valence-corrected chi connectivity index (χ2v) is 4.78. The van der Waals surface area contributed by atoms with Crippen molar-refractivity contribution in [3.05, 3.63) is 0 Å². The van der Waals surface area contributed by atoms with Crippen LogP contribution in [-0.4, -0.2) is 42.1 Å². The van der Waals surface area contributed by atoms with Crippen molar-refractivity contribution in [2.24, 2.45) is 5.73 Å². The summed E-state index contributed by atoms with van der Waals surface area (Å²) in [6.07, 6.45) is 4.51. The molecule has 1 saturated carbocycles. The number of morpholine rings is 1. The Morgan fingerprint density at radius 1 is 1.47 bits per heavy atom. The van der Waals surface area contributed by atoms with Crippen LogP contribution in [0.1, 0.15) is 32.6 Å². The van der Waals surface area contributed by atoms with Gasteiger partial charge in [-0.3, -0.25) is 9.69 Å². The number of ether oxygens (including phenoxy) is 1. The van der Waals surface area contributed by atoms with E-state index in [1.165, 1.54) is 12.8 Å². The first kappa shape index (κ1) is 10.9. The van der Waals surface area contributed by atoms with Crippen LogP contribution in [0.25, 0.3) is 0 Å². The van der Waals surface area contributed by atoms with Crippen LogP contribution < -0.4 is 5.73 Å². The second kappa shape index (κ2) is 4.49. The zero-order valence-electron chi connectivity index (χ0n) is 9.32. The first-order valence-corrected chi connectivity index (χ1v) is 5.84. The Hall–Kier alpha value is -0.610. The van der Waals surface area contributed by atoms with Crippen LogP contribution in [0.15, 0.2) is 0 Å². The summed E-state index contributed by atoms with van der Waals surface area (Å²) in [6, 6.07) is 1.14. The van der Waals surface area contributed by atoms with Crippen LogP contribution in [0.3, 0.4) is 0 Å². The van der Waals surface area contributed by atoms with Gasteiger partial charge in [0.2, 0.25) is 0 Å². The zero-order chi connectivity index (χ0) is 10.8. The molecule has 0 aromatic heterocycles. The van der Waals surface area contributed by atoms with Crippen molar-refractivity contribution in [3.63, 3.8) is 0 Å². The maximum absolute atomic E-state index is 11.2. The lowest BCUT2D eigenvalue weighted by Crippen LogP contribution is -2.53. The maximum atomic E-state index is 11.2. The highest BCUT2D eigenvalue weighted by atomic mass is 16.5. The Labute approximate surface area is 90.8 Å². The van der Waals surface area contributed by atoms with Gasteiger partial charge in [0, 0.05) is 18.1 Å². The molecule has 0 spiro atoms. The molecule has 0 aromatic carbocycles. The molecule has 0 bridgehead atoms. The smallest absolute Gasteiger partial charge is 0.320 e. The molecule has 0 aromatic rings. The Kier molecular flexibility index (Phi) is 3.26. The molecule has 3 atom stereocenters. The lowest BCUT2D eigenvalue weighted by molar-refractivity contribution is -0.156. The average Bonchev–Trinajstić information content (AvgIpc) is 2.22. The van der Waals surface area contributed by atoms with Gasteiger partial charge in [0.1, 0.15) is 6.61 Å². The van der Waals surface area contributed by atoms with Crippen molar-refractivity contribution in [2.75, 3.05) is 13.2 Å². The Balaban J connectivity index is 1.97. The first-order chi connectivity index (χ1) is 7.16. The van der Waals surface area contributed by atoms with E-state index in [9.17, 15) is 4.79 Å². The van der Waals surface area contributed by atoms with Gasteiger partial charge in [-0.15, -0.1) is 0 Å². The summed E-state index contributed by atoms with van der Waals surface area (Å²) < 4.78 is 5.03. The van der Waals surface area contributed by atoms with E-state index >= 15 is 0 Å². The first-order valence-electron chi connectivity index (χ1n) is 5.84. The number of rotatable bonds is 1. The third-order valence-electron chi connectivity index (χ3n) is 3.52. The molecule has 2 aliphatic rings. The van der Waals surface area contributed by atoms with Gasteiger partial charge in [-0.2, -0.15) is 0 Å². The van der Waals surface area contributed by atoms with Gasteiger partial charge in [-0.25, -0.2) is 0 Å². The Bertz CT molecular complexity index is 245. The highest BCUT2D eigenvalue weighted by Gasteiger charge is 2.32. The molecule has 4 nitrogen and oxygen atoms in total. The molecular formula is C11H20N2O2. The summed E-state index contributed by atoms with van der Waals surface area (Å²) in [6.45, 7) is 3.09. The minimum absolute atomic E-state index is 0.0905. The molecule has 2 fully saturated rings. The molecular weight excluding hydrogens is 192 g/mol. The van der Waals surface area contributed by atoms with Crippen molar-refractivity contribution < 1.29 is 9.53 Å². The number of carbonyl (C=O) groups is 1. The quantitative estimate of drug-likeness (QED) is 0.643. The predicted molar refractivity (Wildman–Crippen MR) is 57.4 cm³/mol. The molecule has 0 radical (unpaired) electrons. The van der Waals surface area contributed by atoms with Crippen molar-refractivity contribution in [1.29, 1.82) is 0 Å². The van der Waals surface area contributed by atoms with Gasteiger partial charge >= 0.3 is 5.97 Å². The van der Waals surface area contributed by atoms with E-state index in [0.29, 0.717) is 31.3 Å². The van der Waals surface area contributed by atoms with E-state index < -0.39 is 0 Å². The third kappa shape index (κ3) is 2.49. The lowest BCUT2D eigenvalue weighted by Gasteiger charge is -2.41. The van der Waals surface area contributed by atoms with Crippen molar-refractivity contribution in [2.45, 2.75) is 50.7 Å². The standard InChI is InChI=1S/C11H20N2O2/c1-8-7-15-11(14)6-13(8)10-4-2-3-9(12)5-10/h8-10H,2-7,12H2,1H3. The normalized spacial score (nSPS) is 38.8. The number of cyclic esters (lactones) is 1. The number of nitrogens with two attached hydrogens (primary N) is 1. The number of nitrogens with zero attached hydrogens (tertiary/aromatic N) is 1. The molecule has 1 saturated heterocycles. The van der Waals surface area contributed by atoms with Crippen LogP contribution in [0, 0.1) is 0 Å². The average molecular weight is 212 g/mol. The fourth-order valence-corrected chi connectivity index (χ4v) is 2.65. The largest absolute Gasteiger partial charge is 0.463 e. The van der Waals surface area contributed by atoms with E-state index in [1.807, 2.05) is 0 Å². The fourth-order valence-electron chi connectivity index (χ4n) is 2.65. The summed E-state index contributed by atoms with van der Waals surface area (Å²) in [7, 11) is 0. The predicted octanol–water partition coefficient (Wildman–Crippen LogP) is 0.504. The molecule has 3 unspecified atom stereocenters. The van der Waals surface area contributed by atoms with Crippen LogP contribution in [-0.2, 0) is 9.53 Å². The van der Waals surface area contributed by atoms with E-state index in [-0.39, 0.29) is 5.97 Å².